The molecule has 0 spiro atoms. The summed E-state index contributed by atoms with van der Waals surface area (Å²) in [6.45, 7) is 6.67. The van der Waals surface area contributed by atoms with Gasteiger partial charge in [-0.15, -0.1) is 0 Å². The van der Waals surface area contributed by atoms with Crippen LogP contribution in [0.3, 0.4) is 0 Å². The normalized spacial score (nSPS) is 11.2. The van der Waals surface area contributed by atoms with Gasteiger partial charge in [0.25, 0.3) is 0 Å². The summed E-state index contributed by atoms with van der Waals surface area (Å²) < 4.78 is 5.22. The maximum Gasteiger partial charge on any atom is 0.226 e. The Kier molecular flexibility index (Phi) is 5.36. The van der Waals surface area contributed by atoms with Crippen LogP contribution >= 0.6 is 0 Å². The lowest BCUT2D eigenvalue weighted by atomic mass is 9.92. The molecule has 0 aliphatic rings. The van der Waals surface area contributed by atoms with Crippen LogP contribution in [0.25, 0.3) is 0 Å². The number of nitrogens with two attached hydrogens (primary N) is 1. The third-order valence-electron chi connectivity index (χ3n) is 3.28. The second-order valence-corrected chi connectivity index (χ2v) is 5.40. The van der Waals surface area contributed by atoms with E-state index < -0.39 is 5.41 Å². The zero-order chi connectivity index (χ0) is 14.5. The van der Waals surface area contributed by atoms with Crippen LogP contribution in [0.1, 0.15) is 25.0 Å². The molecule has 0 unspecified atom stereocenters. The van der Waals surface area contributed by atoms with Crippen LogP contribution in [0, 0.1) is 12.3 Å². The number of amides is 1. The van der Waals surface area contributed by atoms with E-state index in [0.717, 1.165) is 17.7 Å². The predicted octanol–water partition coefficient (Wildman–Crippen LogP) is 1.65. The molecule has 0 atom stereocenters. The number of hydrogen-bond acceptors (Lipinski definition) is 3. The molecule has 0 saturated carbocycles. The molecule has 1 rings (SSSR count). The van der Waals surface area contributed by atoms with Gasteiger partial charge in [0, 0.05) is 13.1 Å². The van der Waals surface area contributed by atoms with Gasteiger partial charge in [-0.1, -0.05) is 12.1 Å². The lowest BCUT2D eigenvalue weighted by Crippen LogP contribution is -2.42. The van der Waals surface area contributed by atoms with Gasteiger partial charge in [0.2, 0.25) is 5.91 Å². The minimum atomic E-state index is -0.504. The van der Waals surface area contributed by atoms with Crippen LogP contribution < -0.4 is 15.8 Å². The van der Waals surface area contributed by atoms with Crippen molar-refractivity contribution in [2.75, 3.05) is 20.2 Å². The Balaban J connectivity index is 2.50. The average molecular weight is 264 g/mol. The lowest BCUT2D eigenvalue weighted by molar-refractivity contribution is -0.128. The summed E-state index contributed by atoms with van der Waals surface area (Å²) in [6, 6.07) is 6.06. The number of methoxy groups -OCH3 is 1. The Morgan fingerprint density at radius 3 is 2.63 bits per heavy atom. The van der Waals surface area contributed by atoms with Gasteiger partial charge >= 0.3 is 0 Å². The number of rotatable bonds is 6. The molecular weight excluding hydrogens is 240 g/mol. The van der Waals surface area contributed by atoms with Gasteiger partial charge in [0.15, 0.2) is 0 Å². The van der Waals surface area contributed by atoms with Crippen molar-refractivity contribution in [2.24, 2.45) is 11.1 Å². The van der Waals surface area contributed by atoms with E-state index in [-0.39, 0.29) is 5.91 Å². The third kappa shape index (κ3) is 4.24. The molecule has 0 heterocycles. The summed E-state index contributed by atoms with van der Waals surface area (Å²) in [5.74, 6) is 0.886. The topological polar surface area (TPSA) is 64.3 Å². The smallest absolute Gasteiger partial charge is 0.226 e. The van der Waals surface area contributed by atoms with Crippen molar-refractivity contribution in [3.8, 4) is 5.75 Å². The van der Waals surface area contributed by atoms with E-state index in [1.807, 2.05) is 32.9 Å². The Hall–Kier alpha value is -1.55. The first-order chi connectivity index (χ1) is 8.90. The Bertz CT molecular complexity index is 442. The molecule has 0 bridgehead atoms. The molecule has 3 N–H and O–H groups in total. The van der Waals surface area contributed by atoms with E-state index in [1.165, 1.54) is 5.56 Å². The lowest BCUT2D eigenvalue weighted by Gasteiger charge is -2.21. The van der Waals surface area contributed by atoms with E-state index in [2.05, 4.69) is 11.4 Å². The van der Waals surface area contributed by atoms with E-state index >= 15 is 0 Å². The van der Waals surface area contributed by atoms with E-state index in [4.69, 9.17) is 10.5 Å². The number of hydrogen-bond donors (Lipinski definition) is 2. The van der Waals surface area contributed by atoms with Crippen LogP contribution in [0.5, 0.6) is 5.75 Å². The molecule has 4 heteroatoms. The minimum Gasteiger partial charge on any atom is -0.496 e. The van der Waals surface area contributed by atoms with Crippen molar-refractivity contribution < 1.29 is 9.53 Å². The molecule has 0 aliphatic heterocycles. The zero-order valence-electron chi connectivity index (χ0n) is 12.2. The highest BCUT2D eigenvalue weighted by molar-refractivity contribution is 5.82. The highest BCUT2D eigenvalue weighted by atomic mass is 16.5. The number of aryl methyl sites for hydroxylation is 1. The summed E-state index contributed by atoms with van der Waals surface area (Å²) in [4.78, 5) is 11.8. The maximum atomic E-state index is 11.8. The molecular formula is C15H24N2O2. The van der Waals surface area contributed by atoms with E-state index in [9.17, 15) is 4.79 Å². The second kappa shape index (κ2) is 6.57. The van der Waals surface area contributed by atoms with Gasteiger partial charge in [0.1, 0.15) is 5.75 Å². The standard InChI is InChI=1S/C15H24N2O2/c1-11-9-12(5-6-13(11)19-4)7-8-17-14(18)15(2,3)10-16/h5-6,9H,7-8,10,16H2,1-4H3,(H,17,18). The molecule has 0 aromatic heterocycles. The van der Waals surface area contributed by atoms with Gasteiger partial charge in [-0.25, -0.2) is 0 Å². The predicted molar refractivity (Wildman–Crippen MR) is 77.3 cm³/mol. The molecule has 1 amide bonds. The fourth-order valence-corrected chi connectivity index (χ4v) is 1.75. The Labute approximate surface area is 115 Å². The molecule has 1 aromatic carbocycles. The third-order valence-corrected chi connectivity index (χ3v) is 3.28. The molecule has 19 heavy (non-hydrogen) atoms. The maximum absolute atomic E-state index is 11.8. The van der Waals surface area contributed by atoms with Crippen LogP contribution in [0.15, 0.2) is 18.2 Å². The largest absolute Gasteiger partial charge is 0.496 e. The molecule has 1 aromatic rings. The van der Waals surface area contributed by atoms with Gasteiger partial charge in [-0.05, 0) is 44.4 Å². The van der Waals surface area contributed by atoms with E-state index in [0.29, 0.717) is 13.1 Å². The van der Waals surface area contributed by atoms with Crippen molar-refractivity contribution in [3.05, 3.63) is 29.3 Å². The summed E-state index contributed by atoms with van der Waals surface area (Å²) in [5.41, 5.74) is 7.35. The molecule has 106 valence electrons. The zero-order valence-corrected chi connectivity index (χ0v) is 12.2. The van der Waals surface area contributed by atoms with Crippen LogP contribution in [-0.2, 0) is 11.2 Å². The van der Waals surface area contributed by atoms with Gasteiger partial charge in [-0.2, -0.15) is 0 Å². The molecule has 0 saturated heterocycles. The summed E-state index contributed by atoms with van der Waals surface area (Å²) in [7, 11) is 1.66. The van der Waals surface area contributed by atoms with Crippen LogP contribution in [-0.4, -0.2) is 26.1 Å². The average Bonchev–Trinajstić information content (AvgIpc) is 2.38. The quantitative estimate of drug-likeness (QED) is 0.821. The van der Waals surface area contributed by atoms with Crippen molar-refractivity contribution in [1.82, 2.24) is 5.32 Å². The first kappa shape index (κ1) is 15.5. The summed E-state index contributed by atoms with van der Waals surface area (Å²) >= 11 is 0. The first-order valence-corrected chi connectivity index (χ1v) is 6.52. The van der Waals surface area contributed by atoms with Crippen molar-refractivity contribution in [1.29, 1.82) is 0 Å². The van der Waals surface area contributed by atoms with Crippen molar-refractivity contribution in [2.45, 2.75) is 27.2 Å². The van der Waals surface area contributed by atoms with Crippen molar-refractivity contribution in [3.63, 3.8) is 0 Å². The fraction of sp³-hybridized carbons (Fsp3) is 0.533. The van der Waals surface area contributed by atoms with Gasteiger partial charge in [-0.3, -0.25) is 4.79 Å². The van der Waals surface area contributed by atoms with Crippen LogP contribution in [0.2, 0.25) is 0 Å². The highest BCUT2D eigenvalue weighted by Gasteiger charge is 2.24. The second-order valence-electron chi connectivity index (χ2n) is 5.40. The Morgan fingerprint density at radius 1 is 1.42 bits per heavy atom. The first-order valence-electron chi connectivity index (χ1n) is 6.52. The highest BCUT2D eigenvalue weighted by Crippen LogP contribution is 2.18. The van der Waals surface area contributed by atoms with Crippen molar-refractivity contribution >= 4 is 5.91 Å². The molecule has 0 radical (unpaired) electrons. The number of nitrogens with one attached hydrogen (secondary N) is 1. The van der Waals surface area contributed by atoms with Gasteiger partial charge < -0.3 is 15.8 Å². The number of ether oxygens (including phenoxy) is 1. The number of benzene rings is 1. The van der Waals surface area contributed by atoms with Crippen LogP contribution in [0.4, 0.5) is 0 Å². The summed E-state index contributed by atoms with van der Waals surface area (Å²) in [6.07, 6.45) is 0.803. The minimum absolute atomic E-state index is 0.000216. The monoisotopic (exact) mass is 264 g/mol. The number of carbonyl (C=O) groups is 1. The molecule has 4 nitrogen and oxygen atoms in total. The number of carbonyl (C=O) groups excluding carboxylic acids is 1. The van der Waals surface area contributed by atoms with Gasteiger partial charge in [0.05, 0.1) is 12.5 Å². The SMILES string of the molecule is COc1ccc(CCNC(=O)C(C)(C)CN)cc1C. The molecule has 0 aliphatic carbocycles. The molecule has 0 fully saturated rings. The Morgan fingerprint density at radius 2 is 2.11 bits per heavy atom. The fourth-order valence-electron chi connectivity index (χ4n) is 1.75. The van der Waals surface area contributed by atoms with E-state index in [1.54, 1.807) is 7.11 Å². The summed E-state index contributed by atoms with van der Waals surface area (Å²) in [5, 5.41) is 2.92.